The average molecular weight is 396 g/mol. The lowest BCUT2D eigenvalue weighted by Gasteiger charge is -2.30. The van der Waals surface area contributed by atoms with E-state index in [0.29, 0.717) is 19.6 Å². The minimum absolute atomic E-state index is 0.148. The minimum atomic E-state index is -0.732. The third kappa shape index (κ3) is 6.60. The van der Waals surface area contributed by atoms with E-state index in [1.165, 1.54) is 6.08 Å². The molecule has 1 aromatic carbocycles. The average Bonchev–Trinajstić information content (AvgIpc) is 3.17. The molecule has 0 unspecified atom stereocenters. The largest absolute Gasteiger partial charge is 0.451 e. The van der Waals surface area contributed by atoms with Crippen molar-refractivity contribution in [1.29, 1.82) is 0 Å². The van der Waals surface area contributed by atoms with Crippen LogP contribution < -0.4 is 0 Å². The maximum absolute atomic E-state index is 12.0. The number of rotatable bonds is 5. The summed E-state index contributed by atoms with van der Waals surface area (Å²) in [6.45, 7) is 2.94. The van der Waals surface area contributed by atoms with Crippen LogP contribution in [-0.2, 0) is 35.1 Å². The standard InChI is InChI=1S/C23H24O6/c1-18(9-11-21(24)26-17-20-6-3-2-4-7-20)29-22(25)12-10-19-8-5-13-23(16-19)27-14-15-28-23/h2-4,6-8,10,12,18H,5,13-17H2,1H3/b12-10+/t18-/m1/s1. The van der Waals surface area contributed by atoms with Gasteiger partial charge in [0.25, 0.3) is 0 Å². The first-order valence-corrected chi connectivity index (χ1v) is 9.63. The number of benzene rings is 1. The second kappa shape index (κ2) is 10.1. The highest BCUT2D eigenvalue weighted by Crippen LogP contribution is 2.36. The van der Waals surface area contributed by atoms with Crippen LogP contribution in [-0.4, -0.2) is 37.0 Å². The van der Waals surface area contributed by atoms with E-state index in [1.807, 2.05) is 30.3 Å². The van der Waals surface area contributed by atoms with E-state index < -0.39 is 23.8 Å². The zero-order valence-corrected chi connectivity index (χ0v) is 16.4. The number of esters is 2. The molecule has 0 saturated carbocycles. The highest BCUT2D eigenvalue weighted by Gasteiger charge is 2.38. The van der Waals surface area contributed by atoms with Crippen LogP contribution in [0.15, 0.2) is 54.1 Å². The summed E-state index contributed by atoms with van der Waals surface area (Å²) in [5, 5.41) is 0. The summed E-state index contributed by atoms with van der Waals surface area (Å²) in [6.07, 6.45) is 6.66. The van der Waals surface area contributed by atoms with Crippen molar-refractivity contribution in [3.05, 3.63) is 59.7 Å². The summed E-state index contributed by atoms with van der Waals surface area (Å²) in [5.41, 5.74) is 1.85. The summed E-state index contributed by atoms with van der Waals surface area (Å²) in [7, 11) is 0. The molecule has 1 fully saturated rings. The van der Waals surface area contributed by atoms with Gasteiger partial charge in [0, 0.05) is 24.8 Å². The zero-order chi connectivity index (χ0) is 20.5. The maximum atomic E-state index is 12.0. The van der Waals surface area contributed by atoms with E-state index >= 15 is 0 Å². The molecule has 1 atom stereocenters. The van der Waals surface area contributed by atoms with Crippen molar-refractivity contribution in [3.63, 3.8) is 0 Å². The molecule has 152 valence electrons. The molecule has 1 aliphatic heterocycles. The minimum Gasteiger partial charge on any atom is -0.451 e. The van der Waals surface area contributed by atoms with Crippen LogP contribution in [0.25, 0.3) is 0 Å². The van der Waals surface area contributed by atoms with Crippen LogP contribution in [0.5, 0.6) is 0 Å². The number of hydrogen-bond donors (Lipinski definition) is 0. The lowest BCUT2D eigenvalue weighted by Crippen LogP contribution is -2.32. The van der Waals surface area contributed by atoms with Gasteiger partial charge in [-0.15, -0.1) is 0 Å². The van der Waals surface area contributed by atoms with Crippen LogP contribution in [0, 0.1) is 11.8 Å². The van der Waals surface area contributed by atoms with Crippen molar-refractivity contribution in [1.82, 2.24) is 0 Å². The van der Waals surface area contributed by atoms with Crippen molar-refractivity contribution in [2.45, 2.75) is 44.7 Å². The molecule has 0 amide bonds. The Kier molecular flexibility index (Phi) is 7.23. The molecule has 0 radical (unpaired) electrons. The Morgan fingerprint density at radius 1 is 1.24 bits per heavy atom. The Morgan fingerprint density at radius 3 is 2.76 bits per heavy atom. The van der Waals surface area contributed by atoms with Crippen LogP contribution >= 0.6 is 0 Å². The molecule has 0 aromatic heterocycles. The molecule has 1 spiro atoms. The summed E-state index contributed by atoms with van der Waals surface area (Å²) in [6, 6.07) is 9.31. The Balaban J connectivity index is 1.42. The van der Waals surface area contributed by atoms with Crippen molar-refractivity contribution < 1.29 is 28.5 Å². The lowest BCUT2D eigenvalue weighted by atomic mass is 9.93. The molecule has 1 aliphatic carbocycles. The van der Waals surface area contributed by atoms with Crippen molar-refractivity contribution in [3.8, 4) is 11.8 Å². The highest BCUT2D eigenvalue weighted by molar-refractivity contribution is 5.88. The monoisotopic (exact) mass is 396 g/mol. The fraction of sp³-hybridized carbons (Fsp3) is 0.391. The van der Waals surface area contributed by atoms with Gasteiger partial charge in [-0.05, 0) is 30.4 Å². The molecule has 0 bridgehead atoms. The second-order valence-electron chi connectivity index (χ2n) is 6.85. The zero-order valence-electron chi connectivity index (χ0n) is 16.4. The SMILES string of the molecule is C[C@H](C#CC(=O)OCc1ccccc1)OC(=O)/C=C/C1=CCCC2(C1)OCCO2. The van der Waals surface area contributed by atoms with Gasteiger partial charge in [0.05, 0.1) is 13.2 Å². The third-order valence-corrected chi connectivity index (χ3v) is 4.54. The quantitative estimate of drug-likeness (QED) is 0.330. The fourth-order valence-electron chi connectivity index (χ4n) is 3.16. The van der Waals surface area contributed by atoms with Crippen LogP contribution in [0.3, 0.4) is 0 Å². The van der Waals surface area contributed by atoms with Gasteiger partial charge in [0.2, 0.25) is 0 Å². The molecule has 29 heavy (non-hydrogen) atoms. The number of carbonyl (C=O) groups is 2. The van der Waals surface area contributed by atoms with Gasteiger partial charge >= 0.3 is 11.9 Å². The normalized spacial score (nSPS) is 18.6. The van der Waals surface area contributed by atoms with Gasteiger partial charge in [0.15, 0.2) is 11.9 Å². The molecular formula is C23H24O6. The predicted molar refractivity (Wildman–Crippen MR) is 105 cm³/mol. The lowest BCUT2D eigenvalue weighted by molar-refractivity contribution is -0.162. The molecule has 2 aliphatic rings. The van der Waals surface area contributed by atoms with E-state index in [0.717, 1.165) is 24.0 Å². The molecule has 1 heterocycles. The Labute approximate surface area is 170 Å². The van der Waals surface area contributed by atoms with Gasteiger partial charge < -0.3 is 18.9 Å². The van der Waals surface area contributed by atoms with Crippen molar-refractivity contribution >= 4 is 11.9 Å². The molecule has 0 N–H and O–H groups in total. The molecule has 1 aromatic rings. The Hall–Kier alpha value is -2.88. The summed E-state index contributed by atoms with van der Waals surface area (Å²) in [4.78, 5) is 23.7. The van der Waals surface area contributed by atoms with Crippen LogP contribution in [0.4, 0.5) is 0 Å². The summed E-state index contributed by atoms with van der Waals surface area (Å²) >= 11 is 0. The van der Waals surface area contributed by atoms with Crippen LogP contribution in [0.1, 0.15) is 31.7 Å². The van der Waals surface area contributed by atoms with Crippen molar-refractivity contribution in [2.75, 3.05) is 13.2 Å². The molecular weight excluding hydrogens is 372 g/mol. The number of carbonyl (C=O) groups excluding carboxylic acids is 2. The topological polar surface area (TPSA) is 71.1 Å². The first-order valence-electron chi connectivity index (χ1n) is 9.63. The van der Waals surface area contributed by atoms with E-state index in [-0.39, 0.29) is 6.61 Å². The molecule has 6 nitrogen and oxygen atoms in total. The number of allylic oxidation sites excluding steroid dienone is 2. The summed E-state index contributed by atoms with van der Waals surface area (Å²) < 4.78 is 21.7. The molecule has 6 heteroatoms. The van der Waals surface area contributed by atoms with Crippen LogP contribution in [0.2, 0.25) is 0 Å². The third-order valence-electron chi connectivity index (χ3n) is 4.54. The van der Waals surface area contributed by atoms with E-state index in [4.69, 9.17) is 18.9 Å². The van der Waals surface area contributed by atoms with E-state index in [1.54, 1.807) is 13.0 Å². The number of ether oxygens (including phenoxy) is 4. The second-order valence-corrected chi connectivity index (χ2v) is 6.85. The van der Waals surface area contributed by atoms with E-state index in [9.17, 15) is 9.59 Å². The van der Waals surface area contributed by atoms with E-state index in [2.05, 4.69) is 17.9 Å². The fourth-order valence-corrected chi connectivity index (χ4v) is 3.16. The number of hydrogen-bond acceptors (Lipinski definition) is 6. The predicted octanol–water partition coefficient (Wildman–Crippen LogP) is 3.07. The summed E-state index contributed by atoms with van der Waals surface area (Å²) in [5.74, 6) is 3.17. The van der Waals surface area contributed by atoms with Gasteiger partial charge in [-0.25, -0.2) is 9.59 Å². The van der Waals surface area contributed by atoms with Gasteiger partial charge in [-0.1, -0.05) is 42.5 Å². The molecule has 1 saturated heterocycles. The first kappa shape index (κ1) is 20.8. The van der Waals surface area contributed by atoms with Gasteiger partial charge in [-0.3, -0.25) is 0 Å². The highest BCUT2D eigenvalue weighted by atomic mass is 16.7. The Bertz CT molecular complexity index is 837. The Morgan fingerprint density at radius 2 is 2.00 bits per heavy atom. The first-order chi connectivity index (χ1) is 14.0. The molecule has 3 rings (SSSR count). The van der Waals surface area contributed by atoms with Gasteiger partial charge in [-0.2, -0.15) is 0 Å². The smallest absolute Gasteiger partial charge is 0.384 e. The van der Waals surface area contributed by atoms with Crippen molar-refractivity contribution in [2.24, 2.45) is 0 Å². The van der Waals surface area contributed by atoms with Gasteiger partial charge in [0.1, 0.15) is 6.61 Å². The maximum Gasteiger partial charge on any atom is 0.384 e.